The fraction of sp³-hybridized carbons (Fsp3) is 0.391. The summed E-state index contributed by atoms with van der Waals surface area (Å²) in [6.45, 7) is 4.90. The van der Waals surface area contributed by atoms with Crippen LogP contribution in [0.3, 0.4) is 0 Å². The molecule has 0 fully saturated rings. The third-order valence-electron chi connectivity index (χ3n) is 5.28. The predicted octanol–water partition coefficient (Wildman–Crippen LogP) is 4.74. The van der Waals surface area contributed by atoms with Crippen LogP contribution in [0, 0.1) is 0 Å². The van der Waals surface area contributed by atoms with Gasteiger partial charge < -0.3 is 10.2 Å². The van der Waals surface area contributed by atoms with E-state index in [-0.39, 0.29) is 24.2 Å². The SMILES string of the molecule is CCC(C)NC(=O)C(C)N(Cc1ccc(Cl)c(Cl)c1)C(=O)CN(c1cccc(Cl)c1)S(C)(=O)=O. The molecule has 2 rings (SSSR count). The van der Waals surface area contributed by atoms with E-state index in [1.807, 2.05) is 13.8 Å². The average molecular weight is 549 g/mol. The van der Waals surface area contributed by atoms with Crippen molar-refractivity contribution in [2.24, 2.45) is 0 Å². The Morgan fingerprint density at radius 2 is 1.71 bits per heavy atom. The van der Waals surface area contributed by atoms with Gasteiger partial charge in [0.1, 0.15) is 12.6 Å². The van der Waals surface area contributed by atoms with Crippen molar-refractivity contribution in [3.05, 3.63) is 63.1 Å². The lowest BCUT2D eigenvalue weighted by molar-refractivity contribution is -0.139. The van der Waals surface area contributed by atoms with Gasteiger partial charge in [0.05, 0.1) is 22.0 Å². The number of carbonyl (C=O) groups is 2. The van der Waals surface area contributed by atoms with Gasteiger partial charge in [-0.1, -0.05) is 53.9 Å². The molecule has 0 spiro atoms. The molecule has 34 heavy (non-hydrogen) atoms. The first kappa shape index (κ1) is 28.2. The van der Waals surface area contributed by atoms with E-state index in [0.29, 0.717) is 20.6 Å². The zero-order chi connectivity index (χ0) is 25.6. The van der Waals surface area contributed by atoms with Crippen molar-refractivity contribution < 1.29 is 18.0 Å². The maximum atomic E-state index is 13.5. The van der Waals surface area contributed by atoms with Crippen molar-refractivity contribution >= 4 is 62.3 Å². The van der Waals surface area contributed by atoms with E-state index in [2.05, 4.69) is 5.32 Å². The number of rotatable bonds is 10. The van der Waals surface area contributed by atoms with Gasteiger partial charge in [-0.05, 0) is 56.2 Å². The molecule has 0 aliphatic carbocycles. The zero-order valence-electron chi connectivity index (χ0n) is 19.4. The molecule has 2 aromatic carbocycles. The van der Waals surface area contributed by atoms with Crippen molar-refractivity contribution in [2.75, 3.05) is 17.1 Å². The largest absolute Gasteiger partial charge is 0.352 e. The van der Waals surface area contributed by atoms with Crippen LogP contribution in [0.4, 0.5) is 5.69 Å². The predicted molar refractivity (Wildman–Crippen MR) is 138 cm³/mol. The smallest absolute Gasteiger partial charge is 0.244 e. The van der Waals surface area contributed by atoms with E-state index in [4.69, 9.17) is 34.8 Å². The summed E-state index contributed by atoms with van der Waals surface area (Å²) in [6, 6.07) is 10.1. The van der Waals surface area contributed by atoms with Crippen LogP contribution in [0.5, 0.6) is 0 Å². The summed E-state index contributed by atoms with van der Waals surface area (Å²) < 4.78 is 26.0. The number of benzene rings is 2. The number of hydrogen-bond acceptors (Lipinski definition) is 4. The lowest BCUT2D eigenvalue weighted by atomic mass is 10.1. The maximum Gasteiger partial charge on any atom is 0.244 e. The highest BCUT2D eigenvalue weighted by molar-refractivity contribution is 7.92. The minimum absolute atomic E-state index is 0.0258. The number of nitrogens with one attached hydrogen (secondary N) is 1. The standard InChI is InChI=1S/C23H28Cl3N3O4S/c1-5-15(2)27-23(31)16(3)28(13-17-9-10-20(25)21(26)11-17)22(30)14-29(34(4,32)33)19-8-6-7-18(24)12-19/h6-12,15-16H,5,13-14H2,1-4H3,(H,27,31). The van der Waals surface area contributed by atoms with Crippen molar-refractivity contribution in [3.63, 3.8) is 0 Å². The van der Waals surface area contributed by atoms with Crippen molar-refractivity contribution in [1.29, 1.82) is 0 Å². The summed E-state index contributed by atoms with van der Waals surface area (Å²) in [5.74, 6) is -0.917. The van der Waals surface area contributed by atoms with E-state index in [0.717, 1.165) is 17.0 Å². The molecule has 2 unspecified atom stereocenters. The van der Waals surface area contributed by atoms with Crippen molar-refractivity contribution in [3.8, 4) is 0 Å². The second kappa shape index (κ2) is 12.1. The normalized spacial score (nSPS) is 13.1. The lowest BCUT2D eigenvalue weighted by Gasteiger charge is -2.32. The maximum absolute atomic E-state index is 13.5. The van der Waals surface area contributed by atoms with Crippen LogP contribution in [-0.4, -0.2) is 50.0 Å². The molecule has 0 bridgehead atoms. The topological polar surface area (TPSA) is 86.8 Å². The minimum atomic E-state index is -3.83. The Labute approximate surface area is 216 Å². The first-order valence-corrected chi connectivity index (χ1v) is 13.6. The summed E-state index contributed by atoms with van der Waals surface area (Å²) >= 11 is 18.2. The zero-order valence-corrected chi connectivity index (χ0v) is 22.5. The Morgan fingerprint density at radius 1 is 1.03 bits per heavy atom. The molecular formula is C23H28Cl3N3O4S. The monoisotopic (exact) mass is 547 g/mol. The molecule has 2 amide bonds. The molecule has 0 aliphatic rings. The fourth-order valence-corrected chi connectivity index (χ4v) is 4.47. The first-order chi connectivity index (χ1) is 15.8. The van der Waals surface area contributed by atoms with Gasteiger partial charge in [0.15, 0.2) is 0 Å². The third-order valence-corrected chi connectivity index (χ3v) is 7.40. The minimum Gasteiger partial charge on any atom is -0.352 e. The molecule has 7 nitrogen and oxygen atoms in total. The van der Waals surface area contributed by atoms with Crippen LogP contribution < -0.4 is 9.62 Å². The number of anilines is 1. The fourth-order valence-electron chi connectivity index (χ4n) is 3.13. The van der Waals surface area contributed by atoms with E-state index in [1.54, 1.807) is 43.3 Å². The summed E-state index contributed by atoms with van der Waals surface area (Å²) in [7, 11) is -3.83. The Hall–Kier alpha value is -2.00. The molecule has 186 valence electrons. The Bertz CT molecular complexity index is 1140. The highest BCUT2D eigenvalue weighted by Gasteiger charge is 2.30. The number of sulfonamides is 1. The first-order valence-electron chi connectivity index (χ1n) is 10.6. The van der Waals surface area contributed by atoms with Gasteiger partial charge in [0, 0.05) is 17.6 Å². The summed E-state index contributed by atoms with van der Waals surface area (Å²) in [5.41, 5.74) is 0.883. The van der Waals surface area contributed by atoms with Crippen LogP contribution >= 0.6 is 34.8 Å². The van der Waals surface area contributed by atoms with Gasteiger partial charge >= 0.3 is 0 Å². The summed E-state index contributed by atoms with van der Waals surface area (Å²) in [4.78, 5) is 27.6. The van der Waals surface area contributed by atoms with E-state index in [1.165, 1.54) is 11.0 Å². The Morgan fingerprint density at radius 3 is 2.26 bits per heavy atom. The number of amides is 2. The number of halogens is 3. The van der Waals surface area contributed by atoms with Crippen LogP contribution in [0.1, 0.15) is 32.8 Å². The van der Waals surface area contributed by atoms with E-state index >= 15 is 0 Å². The molecule has 11 heteroatoms. The number of nitrogens with zero attached hydrogens (tertiary/aromatic N) is 2. The quantitative estimate of drug-likeness (QED) is 0.464. The highest BCUT2D eigenvalue weighted by Crippen LogP contribution is 2.25. The second-order valence-corrected chi connectivity index (χ2v) is 11.2. The van der Waals surface area contributed by atoms with Gasteiger partial charge in [0.25, 0.3) is 0 Å². The van der Waals surface area contributed by atoms with E-state index < -0.39 is 28.5 Å². The highest BCUT2D eigenvalue weighted by atomic mass is 35.5. The molecule has 0 aliphatic heterocycles. The molecule has 0 saturated heterocycles. The van der Waals surface area contributed by atoms with E-state index in [9.17, 15) is 18.0 Å². The molecule has 0 heterocycles. The summed E-state index contributed by atoms with van der Waals surface area (Å²) in [5, 5.41) is 3.85. The molecule has 1 N–H and O–H groups in total. The van der Waals surface area contributed by atoms with Gasteiger partial charge in [-0.2, -0.15) is 0 Å². The molecule has 0 aromatic heterocycles. The van der Waals surface area contributed by atoms with Crippen molar-refractivity contribution in [1.82, 2.24) is 10.2 Å². The summed E-state index contributed by atoms with van der Waals surface area (Å²) in [6.07, 6.45) is 1.72. The van der Waals surface area contributed by atoms with Gasteiger partial charge in [-0.15, -0.1) is 0 Å². The van der Waals surface area contributed by atoms with Crippen LogP contribution in [0.2, 0.25) is 15.1 Å². The molecular weight excluding hydrogens is 521 g/mol. The van der Waals surface area contributed by atoms with Gasteiger partial charge in [-0.25, -0.2) is 8.42 Å². The lowest BCUT2D eigenvalue weighted by Crippen LogP contribution is -2.52. The average Bonchev–Trinajstić information content (AvgIpc) is 2.76. The van der Waals surface area contributed by atoms with Crippen LogP contribution in [0.15, 0.2) is 42.5 Å². The van der Waals surface area contributed by atoms with Gasteiger partial charge in [-0.3, -0.25) is 13.9 Å². The Balaban J connectivity index is 2.41. The number of carbonyl (C=O) groups excluding carboxylic acids is 2. The molecule has 0 saturated carbocycles. The van der Waals surface area contributed by atoms with Crippen LogP contribution in [0.25, 0.3) is 0 Å². The Kier molecular flexibility index (Phi) is 10.1. The van der Waals surface area contributed by atoms with Gasteiger partial charge in [0.2, 0.25) is 21.8 Å². The van der Waals surface area contributed by atoms with Crippen molar-refractivity contribution in [2.45, 2.75) is 45.8 Å². The molecule has 2 aromatic rings. The van der Waals surface area contributed by atoms with Crippen LogP contribution in [-0.2, 0) is 26.2 Å². The molecule has 2 atom stereocenters. The number of hydrogen-bond donors (Lipinski definition) is 1. The molecule has 0 radical (unpaired) electrons. The second-order valence-electron chi connectivity index (χ2n) is 8.01. The third kappa shape index (κ3) is 7.77.